The minimum Gasteiger partial charge on any atom is -0.486 e. The molecular formula is C13H11ClN2OS. The molecule has 0 aliphatic heterocycles. The maximum atomic E-state index is 8.58. The zero-order chi connectivity index (χ0) is 13.0. The second kappa shape index (κ2) is 5.85. The van der Waals surface area contributed by atoms with Crippen molar-refractivity contribution in [1.29, 1.82) is 5.26 Å². The number of aromatic nitrogens is 1. The molecule has 2 rings (SSSR count). The normalized spacial score (nSPS) is 10.1. The van der Waals surface area contributed by atoms with E-state index in [0.717, 1.165) is 26.2 Å². The number of thiazole rings is 1. The molecule has 1 aromatic heterocycles. The summed E-state index contributed by atoms with van der Waals surface area (Å²) in [5.74, 6) is 0.772. The first kappa shape index (κ1) is 12.9. The third-order valence-electron chi connectivity index (χ3n) is 2.35. The SMILES string of the molecule is Cc1cc(OCc2ncc(CC#N)s2)ccc1Cl. The largest absolute Gasteiger partial charge is 0.486 e. The van der Waals surface area contributed by atoms with Crippen molar-refractivity contribution in [1.82, 2.24) is 4.98 Å². The van der Waals surface area contributed by atoms with Crippen molar-refractivity contribution in [3.8, 4) is 11.8 Å². The van der Waals surface area contributed by atoms with E-state index in [1.165, 1.54) is 11.3 Å². The zero-order valence-electron chi connectivity index (χ0n) is 9.81. The molecule has 3 nitrogen and oxygen atoms in total. The van der Waals surface area contributed by atoms with E-state index in [4.69, 9.17) is 21.6 Å². The molecule has 0 unspecified atom stereocenters. The summed E-state index contributed by atoms with van der Waals surface area (Å²) in [6.45, 7) is 2.35. The van der Waals surface area contributed by atoms with Gasteiger partial charge in [-0.1, -0.05) is 11.6 Å². The fraction of sp³-hybridized carbons (Fsp3) is 0.231. The van der Waals surface area contributed by atoms with E-state index < -0.39 is 0 Å². The topological polar surface area (TPSA) is 45.9 Å². The summed E-state index contributed by atoms with van der Waals surface area (Å²) < 4.78 is 5.63. The van der Waals surface area contributed by atoms with Crippen molar-refractivity contribution < 1.29 is 4.74 Å². The number of hydrogen-bond acceptors (Lipinski definition) is 4. The van der Waals surface area contributed by atoms with E-state index in [2.05, 4.69) is 11.1 Å². The first-order valence-electron chi connectivity index (χ1n) is 5.38. The van der Waals surface area contributed by atoms with E-state index in [-0.39, 0.29) is 0 Å². The molecule has 0 saturated heterocycles. The van der Waals surface area contributed by atoms with Gasteiger partial charge in [0.1, 0.15) is 17.4 Å². The lowest BCUT2D eigenvalue weighted by Gasteiger charge is -2.05. The zero-order valence-corrected chi connectivity index (χ0v) is 11.4. The highest BCUT2D eigenvalue weighted by atomic mass is 35.5. The van der Waals surface area contributed by atoms with E-state index in [0.29, 0.717) is 13.0 Å². The highest BCUT2D eigenvalue weighted by Crippen LogP contribution is 2.22. The van der Waals surface area contributed by atoms with E-state index in [1.54, 1.807) is 6.20 Å². The molecule has 1 heterocycles. The predicted molar refractivity (Wildman–Crippen MR) is 72.0 cm³/mol. The molecule has 0 amide bonds. The molecule has 0 spiro atoms. The summed E-state index contributed by atoms with van der Waals surface area (Å²) in [6, 6.07) is 7.64. The molecule has 0 atom stereocenters. The maximum absolute atomic E-state index is 8.58. The van der Waals surface area contributed by atoms with Crippen molar-refractivity contribution in [2.75, 3.05) is 0 Å². The number of nitriles is 1. The van der Waals surface area contributed by atoms with Crippen LogP contribution < -0.4 is 4.74 Å². The second-order valence-corrected chi connectivity index (χ2v) is 5.36. The van der Waals surface area contributed by atoms with Gasteiger partial charge in [-0.25, -0.2) is 4.98 Å². The van der Waals surface area contributed by atoms with E-state index >= 15 is 0 Å². The molecule has 0 saturated carbocycles. The Kier molecular flexibility index (Phi) is 4.19. The summed E-state index contributed by atoms with van der Waals surface area (Å²) in [5.41, 5.74) is 0.985. The monoisotopic (exact) mass is 278 g/mol. The number of nitrogens with zero attached hydrogens (tertiary/aromatic N) is 2. The molecule has 0 bridgehead atoms. The van der Waals surface area contributed by atoms with Crippen molar-refractivity contribution in [2.45, 2.75) is 20.0 Å². The average molecular weight is 279 g/mol. The molecule has 0 N–H and O–H groups in total. The molecule has 2 aromatic rings. The van der Waals surface area contributed by atoms with Crippen LogP contribution in [0.2, 0.25) is 5.02 Å². The van der Waals surface area contributed by atoms with Crippen molar-refractivity contribution in [3.05, 3.63) is 44.9 Å². The summed E-state index contributed by atoms with van der Waals surface area (Å²) in [5, 5.41) is 10.2. The Morgan fingerprint density at radius 3 is 3.06 bits per heavy atom. The van der Waals surface area contributed by atoms with Crippen LogP contribution in [-0.4, -0.2) is 4.98 Å². The fourth-order valence-corrected chi connectivity index (χ4v) is 2.31. The molecule has 0 aliphatic carbocycles. The Balaban J connectivity index is 1.98. The number of benzene rings is 1. The number of hydrogen-bond donors (Lipinski definition) is 0. The van der Waals surface area contributed by atoms with Gasteiger partial charge >= 0.3 is 0 Å². The molecule has 92 valence electrons. The number of ether oxygens (including phenoxy) is 1. The Labute approximate surface area is 115 Å². The quantitative estimate of drug-likeness (QED) is 0.856. The molecule has 18 heavy (non-hydrogen) atoms. The average Bonchev–Trinajstić information content (AvgIpc) is 2.79. The second-order valence-electron chi connectivity index (χ2n) is 3.75. The van der Waals surface area contributed by atoms with Crippen molar-refractivity contribution in [2.24, 2.45) is 0 Å². The van der Waals surface area contributed by atoms with Crippen LogP contribution in [0.5, 0.6) is 5.75 Å². The van der Waals surface area contributed by atoms with Gasteiger partial charge in [0.25, 0.3) is 0 Å². The van der Waals surface area contributed by atoms with Gasteiger partial charge in [-0.2, -0.15) is 5.26 Å². The lowest BCUT2D eigenvalue weighted by molar-refractivity contribution is 0.305. The Morgan fingerprint density at radius 2 is 2.33 bits per heavy atom. The number of rotatable bonds is 4. The Hall–Kier alpha value is -1.57. The van der Waals surface area contributed by atoms with Crippen LogP contribution in [0.1, 0.15) is 15.4 Å². The third kappa shape index (κ3) is 3.22. The van der Waals surface area contributed by atoms with Crippen LogP contribution in [0, 0.1) is 18.3 Å². The van der Waals surface area contributed by atoms with Crippen molar-refractivity contribution in [3.63, 3.8) is 0 Å². The highest BCUT2D eigenvalue weighted by Gasteiger charge is 2.04. The van der Waals surface area contributed by atoms with Gasteiger partial charge in [0.2, 0.25) is 0 Å². The molecule has 1 aromatic carbocycles. The van der Waals surface area contributed by atoms with Crippen LogP contribution in [0.3, 0.4) is 0 Å². The van der Waals surface area contributed by atoms with Gasteiger partial charge in [0, 0.05) is 16.1 Å². The van der Waals surface area contributed by atoms with Crippen LogP contribution in [0.15, 0.2) is 24.4 Å². The van der Waals surface area contributed by atoms with Gasteiger partial charge in [-0.3, -0.25) is 0 Å². The number of aryl methyl sites for hydroxylation is 1. The fourth-order valence-electron chi connectivity index (χ4n) is 1.43. The maximum Gasteiger partial charge on any atom is 0.140 e. The van der Waals surface area contributed by atoms with Crippen LogP contribution in [-0.2, 0) is 13.0 Å². The molecule has 5 heteroatoms. The Morgan fingerprint density at radius 1 is 1.50 bits per heavy atom. The van der Waals surface area contributed by atoms with Gasteiger partial charge < -0.3 is 4.74 Å². The first-order chi connectivity index (χ1) is 8.69. The summed E-state index contributed by atoms with van der Waals surface area (Å²) in [7, 11) is 0. The van der Waals surface area contributed by atoms with Gasteiger partial charge in [0.15, 0.2) is 0 Å². The predicted octanol–water partition coefficient (Wildman–Crippen LogP) is 3.75. The molecular weight excluding hydrogens is 268 g/mol. The summed E-state index contributed by atoms with van der Waals surface area (Å²) >= 11 is 7.44. The minimum absolute atomic E-state index is 0.401. The molecule has 0 aliphatic rings. The van der Waals surface area contributed by atoms with E-state index in [1.807, 2.05) is 25.1 Å². The lowest BCUT2D eigenvalue weighted by Crippen LogP contribution is -1.94. The summed E-state index contributed by atoms with van der Waals surface area (Å²) in [4.78, 5) is 5.17. The summed E-state index contributed by atoms with van der Waals surface area (Å²) in [6.07, 6.45) is 2.12. The van der Waals surface area contributed by atoms with Gasteiger partial charge in [0.05, 0.1) is 12.5 Å². The standard InChI is InChI=1S/C13H11ClN2OS/c1-9-6-10(2-3-12(9)14)17-8-13-16-7-11(18-13)4-5-15/h2-3,6-7H,4,8H2,1H3. The van der Waals surface area contributed by atoms with Crippen LogP contribution >= 0.6 is 22.9 Å². The van der Waals surface area contributed by atoms with Gasteiger partial charge in [-0.15, -0.1) is 11.3 Å². The van der Waals surface area contributed by atoms with Gasteiger partial charge in [-0.05, 0) is 30.7 Å². The van der Waals surface area contributed by atoms with E-state index in [9.17, 15) is 0 Å². The number of halogens is 1. The highest BCUT2D eigenvalue weighted by molar-refractivity contribution is 7.11. The smallest absolute Gasteiger partial charge is 0.140 e. The van der Waals surface area contributed by atoms with Crippen molar-refractivity contribution >= 4 is 22.9 Å². The lowest BCUT2D eigenvalue weighted by atomic mass is 10.2. The van der Waals surface area contributed by atoms with Crippen LogP contribution in [0.4, 0.5) is 0 Å². The third-order valence-corrected chi connectivity index (χ3v) is 3.74. The molecule has 0 radical (unpaired) electrons. The minimum atomic E-state index is 0.401. The first-order valence-corrected chi connectivity index (χ1v) is 6.58. The molecule has 0 fully saturated rings. The Bertz CT molecular complexity index is 589. The van der Waals surface area contributed by atoms with Crippen LogP contribution in [0.25, 0.3) is 0 Å².